The van der Waals surface area contributed by atoms with E-state index in [9.17, 15) is 4.79 Å². The molecule has 1 fully saturated rings. The minimum absolute atomic E-state index is 0. The highest BCUT2D eigenvalue weighted by atomic mass is 35.5. The molecule has 0 aromatic heterocycles. The van der Waals surface area contributed by atoms with E-state index in [1.165, 1.54) is 7.11 Å². The first kappa shape index (κ1) is 10.1. The van der Waals surface area contributed by atoms with E-state index in [-0.39, 0.29) is 23.8 Å². The van der Waals surface area contributed by atoms with Gasteiger partial charge in [0.2, 0.25) is 0 Å². The third kappa shape index (κ3) is 2.36. The monoisotopic (exact) mass is 183 g/mol. The van der Waals surface area contributed by atoms with E-state index >= 15 is 0 Å². The van der Waals surface area contributed by atoms with Crippen molar-refractivity contribution in [2.45, 2.75) is 5.37 Å². The lowest BCUT2D eigenvalue weighted by Gasteiger charge is -2.04. The van der Waals surface area contributed by atoms with Gasteiger partial charge in [-0.05, 0) is 0 Å². The van der Waals surface area contributed by atoms with Crippen LogP contribution in [0.2, 0.25) is 0 Å². The van der Waals surface area contributed by atoms with Crippen molar-refractivity contribution in [2.75, 3.05) is 19.4 Å². The standard InChI is InChI=1S/C5H9NO2S.ClH/c1-8-5(7)4-6-2-3-9-4;/h4,6H,2-3H2,1H3;1H. The fourth-order valence-corrected chi connectivity index (χ4v) is 1.62. The minimum Gasteiger partial charge on any atom is -0.467 e. The van der Waals surface area contributed by atoms with Gasteiger partial charge in [0.15, 0.2) is 5.37 Å². The van der Waals surface area contributed by atoms with Gasteiger partial charge in [0.25, 0.3) is 0 Å². The Morgan fingerprint density at radius 1 is 1.80 bits per heavy atom. The van der Waals surface area contributed by atoms with E-state index in [2.05, 4.69) is 10.1 Å². The topological polar surface area (TPSA) is 38.3 Å². The molecule has 1 heterocycles. The van der Waals surface area contributed by atoms with E-state index < -0.39 is 0 Å². The Hall–Kier alpha value is 0.0700. The van der Waals surface area contributed by atoms with Crippen molar-refractivity contribution in [3.8, 4) is 0 Å². The molecule has 1 aliphatic rings. The van der Waals surface area contributed by atoms with Crippen LogP contribution in [-0.2, 0) is 9.53 Å². The van der Waals surface area contributed by atoms with Gasteiger partial charge in [0.1, 0.15) is 0 Å². The Morgan fingerprint density at radius 3 is 2.90 bits per heavy atom. The second-order valence-corrected chi connectivity index (χ2v) is 2.94. The Bertz CT molecular complexity index is 116. The molecule has 1 N–H and O–H groups in total. The number of hydrogen-bond donors (Lipinski definition) is 1. The molecule has 0 aliphatic carbocycles. The van der Waals surface area contributed by atoms with E-state index in [1.54, 1.807) is 11.8 Å². The summed E-state index contributed by atoms with van der Waals surface area (Å²) in [5, 5.41) is 2.88. The van der Waals surface area contributed by atoms with Crippen LogP contribution in [0.3, 0.4) is 0 Å². The molecule has 0 aromatic rings. The molecule has 0 bridgehead atoms. The van der Waals surface area contributed by atoms with Crippen molar-refractivity contribution < 1.29 is 9.53 Å². The van der Waals surface area contributed by atoms with Crippen LogP contribution < -0.4 is 5.32 Å². The molecule has 0 aromatic carbocycles. The average Bonchev–Trinajstić information content (AvgIpc) is 2.37. The van der Waals surface area contributed by atoms with Gasteiger partial charge in [-0.25, -0.2) is 4.79 Å². The summed E-state index contributed by atoms with van der Waals surface area (Å²) in [6.45, 7) is 0.907. The summed E-state index contributed by atoms with van der Waals surface area (Å²) in [5.41, 5.74) is 0. The van der Waals surface area contributed by atoms with Gasteiger partial charge >= 0.3 is 5.97 Å². The number of esters is 1. The van der Waals surface area contributed by atoms with Crippen molar-refractivity contribution in [2.24, 2.45) is 0 Å². The number of rotatable bonds is 1. The van der Waals surface area contributed by atoms with Gasteiger partial charge in [-0.2, -0.15) is 0 Å². The highest BCUT2D eigenvalue weighted by Crippen LogP contribution is 2.13. The molecular formula is C5H10ClNO2S. The molecule has 5 heteroatoms. The second-order valence-electron chi connectivity index (χ2n) is 1.73. The number of thioether (sulfide) groups is 1. The number of methoxy groups -OCH3 is 1. The average molecular weight is 184 g/mol. The molecule has 3 nitrogen and oxygen atoms in total. The van der Waals surface area contributed by atoms with E-state index in [1.807, 2.05) is 0 Å². The molecule has 0 spiro atoms. The molecule has 0 amide bonds. The molecule has 1 rings (SSSR count). The summed E-state index contributed by atoms with van der Waals surface area (Å²) < 4.78 is 4.51. The zero-order valence-corrected chi connectivity index (χ0v) is 7.26. The number of halogens is 1. The fraction of sp³-hybridized carbons (Fsp3) is 0.800. The zero-order chi connectivity index (χ0) is 6.69. The molecule has 60 valence electrons. The predicted molar refractivity (Wildman–Crippen MR) is 43.5 cm³/mol. The zero-order valence-electron chi connectivity index (χ0n) is 5.62. The molecule has 1 atom stereocenters. The Balaban J connectivity index is 0.000000810. The molecule has 1 aliphatic heterocycles. The van der Waals surface area contributed by atoms with Crippen molar-refractivity contribution in [1.29, 1.82) is 0 Å². The van der Waals surface area contributed by atoms with Crippen molar-refractivity contribution in [3.05, 3.63) is 0 Å². The first-order valence-electron chi connectivity index (χ1n) is 2.77. The largest absolute Gasteiger partial charge is 0.467 e. The van der Waals surface area contributed by atoms with E-state index in [4.69, 9.17) is 0 Å². The Kier molecular flexibility index (Phi) is 4.85. The molecular weight excluding hydrogens is 174 g/mol. The maximum absolute atomic E-state index is 10.7. The Labute approximate surface area is 70.3 Å². The quantitative estimate of drug-likeness (QED) is 0.592. The van der Waals surface area contributed by atoms with Gasteiger partial charge in [0, 0.05) is 12.3 Å². The summed E-state index contributed by atoms with van der Waals surface area (Å²) >= 11 is 1.59. The lowest BCUT2D eigenvalue weighted by atomic mass is 10.6. The molecule has 0 radical (unpaired) electrons. The van der Waals surface area contributed by atoms with Crippen molar-refractivity contribution >= 4 is 30.1 Å². The lowest BCUT2D eigenvalue weighted by Crippen LogP contribution is -2.29. The van der Waals surface area contributed by atoms with E-state index in [0.29, 0.717) is 0 Å². The molecule has 10 heavy (non-hydrogen) atoms. The number of ether oxygens (including phenoxy) is 1. The highest BCUT2D eigenvalue weighted by Gasteiger charge is 2.22. The maximum Gasteiger partial charge on any atom is 0.333 e. The van der Waals surface area contributed by atoms with Crippen molar-refractivity contribution in [3.63, 3.8) is 0 Å². The number of hydrogen-bond acceptors (Lipinski definition) is 4. The smallest absolute Gasteiger partial charge is 0.333 e. The van der Waals surface area contributed by atoms with Crippen LogP contribution in [0.5, 0.6) is 0 Å². The molecule has 1 unspecified atom stereocenters. The SMILES string of the molecule is COC(=O)C1NCCS1.Cl. The van der Waals surface area contributed by atoms with Crippen LogP contribution in [0.15, 0.2) is 0 Å². The van der Waals surface area contributed by atoms with Gasteiger partial charge < -0.3 is 4.74 Å². The molecule has 0 saturated carbocycles. The lowest BCUT2D eigenvalue weighted by molar-refractivity contribution is -0.140. The van der Waals surface area contributed by atoms with Crippen molar-refractivity contribution in [1.82, 2.24) is 5.32 Å². The predicted octanol–water partition coefficient (Wildman–Crippen LogP) is 0.244. The molecule has 1 saturated heterocycles. The summed E-state index contributed by atoms with van der Waals surface area (Å²) in [6.07, 6.45) is 0. The van der Waals surface area contributed by atoms with E-state index in [0.717, 1.165) is 12.3 Å². The normalized spacial score (nSPS) is 23.5. The fourth-order valence-electron chi connectivity index (χ4n) is 0.684. The van der Waals surface area contributed by atoms with Crippen LogP contribution in [0.4, 0.5) is 0 Å². The van der Waals surface area contributed by atoms with Gasteiger partial charge in [0.05, 0.1) is 7.11 Å². The first-order valence-corrected chi connectivity index (χ1v) is 3.82. The van der Waals surface area contributed by atoms with Gasteiger partial charge in [-0.1, -0.05) is 0 Å². The third-order valence-electron chi connectivity index (χ3n) is 1.13. The summed E-state index contributed by atoms with van der Waals surface area (Å²) in [4.78, 5) is 10.7. The van der Waals surface area contributed by atoms with Crippen LogP contribution in [0.1, 0.15) is 0 Å². The number of carbonyl (C=O) groups is 1. The van der Waals surface area contributed by atoms with Crippen LogP contribution in [0.25, 0.3) is 0 Å². The first-order chi connectivity index (χ1) is 4.34. The van der Waals surface area contributed by atoms with Gasteiger partial charge in [-0.15, -0.1) is 24.2 Å². The summed E-state index contributed by atoms with van der Waals surface area (Å²) in [7, 11) is 1.41. The van der Waals surface area contributed by atoms with Crippen LogP contribution in [-0.4, -0.2) is 30.8 Å². The maximum atomic E-state index is 10.7. The van der Waals surface area contributed by atoms with Crippen LogP contribution >= 0.6 is 24.2 Å². The highest BCUT2D eigenvalue weighted by molar-refractivity contribution is 8.00. The summed E-state index contributed by atoms with van der Waals surface area (Å²) in [5.74, 6) is 0.831. The number of nitrogens with one attached hydrogen (secondary N) is 1. The second kappa shape index (κ2) is 4.82. The third-order valence-corrected chi connectivity index (χ3v) is 2.26. The van der Waals surface area contributed by atoms with Crippen LogP contribution in [0, 0.1) is 0 Å². The van der Waals surface area contributed by atoms with Gasteiger partial charge in [-0.3, -0.25) is 5.32 Å². The summed E-state index contributed by atoms with van der Waals surface area (Å²) in [6, 6.07) is 0. The minimum atomic E-state index is -0.169. The Morgan fingerprint density at radius 2 is 2.50 bits per heavy atom. The number of carbonyl (C=O) groups excluding carboxylic acids is 1.